The van der Waals surface area contributed by atoms with Crippen LogP contribution in [0.15, 0.2) is 48.5 Å². The number of nitrogens with one attached hydrogen (secondary N) is 1. The second kappa shape index (κ2) is 8.34. The van der Waals surface area contributed by atoms with Crippen LogP contribution in [-0.4, -0.2) is 19.1 Å². The molecule has 0 heterocycles. The monoisotopic (exact) mass is 312 g/mol. The number of hydrogen-bond donors (Lipinski definition) is 2. The largest absolute Gasteiger partial charge is 0.399 e. The number of carbonyl (C=O) groups is 1. The van der Waals surface area contributed by atoms with E-state index in [1.807, 2.05) is 43.3 Å². The van der Waals surface area contributed by atoms with Crippen LogP contribution in [0.25, 0.3) is 0 Å². The maximum absolute atomic E-state index is 12.2. The lowest BCUT2D eigenvalue weighted by Gasteiger charge is -2.14. The van der Waals surface area contributed by atoms with Crippen molar-refractivity contribution in [2.45, 2.75) is 20.5 Å². The van der Waals surface area contributed by atoms with Gasteiger partial charge >= 0.3 is 0 Å². The minimum Gasteiger partial charge on any atom is -0.399 e. The molecule has 2 aromatic carbocycles. The molecule has 0 radical (unpaired) electrons. The third kappa shape index (κ3) is 5.42. The normalized spacial score (nSPS) is 11.9. The zero-order valence-electron chi connectivity index (χ0n) is 13.7. The van der Waals surface area contributed by atoms with E-state index >= 15 is 0 Å². The Morgan fingerprint density at radius 1 is 1.22 bits per heavy atom. The van der Waals surface area contributed by atoms with Crippen LogP contribution in [0.3, 0.4) is 0 Å². The van der Waals surface area contributed by atoms with E-state index in [-0.39, 0.29) is 11.8 Å². The molecule has 1 atom stereocenters. The first-order valence-electron chi connectivity index (χ1n) is 7.82. The van der Waals surface area contributed by atoms with E-state index in [9.17, 15) is 4.79 Å². The highest BCUT2D eigenvalue weighted by molar-refractivity contribution is 5.96. The Morgan fingerprint density at radius 2 is 1.96 bits per heavy atom. The first-order valence-corrected chi connectivity index (χ1v) is 7.82. The second-order valence-corrected chi connectivity index (χ2v) is 5.89. The highest BCUT2D eigenvalue weighted by Crippen LogP contribution is 2.12. The Hall–Kier alpha value is -2.33. The van der Waals surface area contributed by atoms with Crippen molar-refractivity contribution in [2.75, 3.05) is 18.9 Å². The molecule has 0 bridgehead atoms. The predicted molar refractivity (Wildman–Crippen MR) is 93.2 cm³/mol. The standard InChI is InChI=1S/C19H24N2O2/c1-14(12-23-13-16-6-4-3-5-7-16)11-21-19(22)18-10-17(20)9-8-15(18)2/h3-10,14H,11-13,20H2,1-2H3,(H,21,22). The molecule has 0 aliphatic heterocycles. The highest BCUT2D eigenvalue weighted by atomic mass is 16.5. The molecule has 1 amide bonds. The van der Waals surface area contributed by atoms with Gasteiger partial charge in [0.25, 0.3) is 5.91 Å². The van der Waals surface area contributed by atoms with Gasteiger partial charge in [-0.05, 0) is 36.1 Å². The van der Waals surface area contributed by atoms with Crippen molar-refractivity contribution >= 4 is 11.6 Å². The average Bonchev–Trinajstić information content (AvgIpc) is 2.56. The van der Waals surface area contributed by atoms with Gasteiger partial charge in [0.05, 0.1) is 13.2 Å². The fraction of sp³-hybridized carbons (Fsp3) is 0.316. The molecule has 0 saturated carbocycles. The Kier molecular flexibility index (Phi) is 6.18. The van der Waals surface area contributed by atoms with Crippen molar-refractivity contribution in [3.8, 4) is 0 Å². The van der Waals surface area contributed by atoms with E-state index in [1.165, 1.54) is 0 Å². The SMILES string of the molecule is Cc1ccc(N)cc1C(=O)NCC(C)COCc1ccccc1. The van der Waals surface area contributed by atoms with Gasteiger partial charge in [-0.3, -0.25) is 4.79 Å². The van der Waals surface area contributed by atoms with Gasteiger partial charge in [0.2, 0.25) is 0 Å². The first-order chi connectivity index (χ1) is 11.1. The van der Waals surface area contributed by atoms with E-state index < -0.39 is 0 Å². The van der Waals surface area contributed by atoms with Crippen molar-refractivity contribution in [1.82, 2.24) is 5.32 Å². The number of carbonyl (C=O) groups excluding carboxylic acids is 1. The van der Waals surface area contributed by atoms with Crippen LogP contribution in [0.1, 0.15) is 28.4 Å². The second-order valence-electron chi connectivity index (χ2n) is 5.89. The Bertz CT molecular complexity index is 641. The van der Waals surface area contributed by atoms with Gasteiger partial charge in [0.1, 0.15) is 0 Å². The smallest absolute Gasteiger partial charge is 0.251 e. The summed E-state index contributed by atoms with van der Waals surface area (Å²) < 4.78 is 5.69. The molecule has 4 nitrogen and oxygen atoms in total. The predicted octanol–water partition coefficient (Wildman–Crippen LogP) is 3.16. The van der Waals surface area contributed by atoms with E-state index in [0.29, 0.717) is 31.0 Å². The summed E-state index contributed by atoms with van der Waals surface area (Å²) in [7, 11) is 0. The molecule has 0 aromatic heterocycles. The Balaban J connectivity index is 1.74. The number of nitrogen functional groups attached to an aromatic ring is 1. The summed E-state index contributed by atoms with van der Waals surface area (Å²) in [5.74, 6) is 0.147. The van der Waals surface area contributed by atoms with Gasteiger partial charge in [0.15, 0.2) is 0 Å². The third-order valence-electron chi connectivity index (χ3n) is 3.63. The molecule has 0 fully saturated rings. The molecule has 4 heteroatoms. The number of ether oxygens (including phenoxy) is 1. The third-order valence-corrected chi connectivity index (χ3v) is 3.63. The van der Waals surface area contributed by atoms with E-state index in [4.69, 9.17) is 10.5 Å². The zero-order chi connectivity index (χ0) is 16.7. The number of benzene rings is 2. The number of amides is 1. The molecule has 0 aliphatic carbocycles. The van der Waals surface area contributed by atoms with E-state index in [1.54, 1.807) is 12.1 Å². The van der Waals surface area contributed by atoms with Crippen molar-refractivity contribution < 1.29 is 9.53 Å². The summed E-state index contributed by atoms with van der Waals surface area (Å²) in [6.07, 6.45) is 0. The lowest BCUT2D eigenvalue weighted by Crippen LogP contribution is -2.30. The van der Waals surface area contributed by atoms with Crippen LogP contribution in [0, 0.1) is 12.8 Å². The molecule has 2 aromatic rings. The van der Waals surface area contributed by atoms with Crippen LogP contribution in [-0.2, 0) is 11.3 Å². The molecule has 122 valence electrons. The van der Waals surface area contributed by atoms with Crippen molar-refractivity contribution in [3.05, 3.63) is 65.2 Å². The van der Waals surface area contributed by atoms with Crippen molar-refractivity contribution in [1.29, 1.82) is 0 Å². The van der Waals surface area contributed by atoms with Crippen LogP contribution in [0.2, 0.25) is 0 Å². The summed E-state index contributed by atoms with van der Waals surface area (Å²) in [6, 6.07) is 15.4. The average molecular weight is 312 g/mol. The number of anilines is 1. The van der Waals surface area contributed by atoms with Gasteiger partial charge in [-0.1, -0.05) is 43.3 Å². The zero-order valence-corrected chi connectivity index (χ0v) is 13.7. The molecule has 3 N–H and O–H groups in total. The van der Waals surface area contributed by atoms with Crippen LogP contribution in [0.4, 0.5) is 5.69 Å². The van der Waals surface area contributed by atoms with Crippen molar-refractivity contribution in [2.24, 2.45) is 5.92 Å². The summed E-state index contributed by atoms with van der Waals surface area (Å²) in [4.78, 5) is 12.2. The number of hydrogen-bond acceptors (Lipinski definition) is 3. The van der Waals surface area contributed by atoms with Crippen LogP contribution >= 0.6 is 0 Å². The molecular weight excluding hydrogens is 288 g/mol. The minimum atomic E-state index is -0.0929. The summed E-state index contributed by atoms with van der Waals surface area (Å²) in [5.41, 5.74) is 9.04. The molecule has 0 spiro atoms. The fourth-order valence-electron chi connectivity index (χ4n) is 2.26. The highest BCUT2D eigenvalue weighted by Gasteiger charge is 2.11. The molecule has 2 rings (SSSR count). The van der Waals surface area contributed by atoms with Gasteiger partial charge in [-0.25, -0.2) is 0 Å². The maximum Gasteiger partial charge on any atom is 0.251 e. The maximum atomic E-state index is 12.2. The van der Waals surface area contributed by atoms with Gasteiger partial charge in [-0.2, -0.15) is 0 Å². The van der Waals surface area contributed by atoms with Gasteiger partial charge in [0, 0.05) is 17.8 Å². The first kappa shape index (κ1) is 17.0. The van der Waals surface area contributed by atoms with Gasteiger partial charge in [-0.15, -0.1) is 0 Å². The summed E-state index contributed by atoms with van der Waals surface area (Å²) in [5, 5.41) is 2.94. The quantitative estimate of drug-likeness (QED) is 0.772. The Morgan fingerprint density at radius 3 is 2.70 bits per heavy atom. The van der Waals surface area contributed by atoms with Crippen LogP contribution < -0.4 is 11.1 Å². The molecule has 1 unspecified atom stereocenters. The number of aryl methyl sites for hydroxylation is 1. The van der Waals surface area contributed by atoms with Crippen LogP contribution in [0.5, 0.6) is 0 Å². The lowest BCUT2D eigenvalue weighted by molar-refractivity contribution is 0.0843. The van der Waals surface area contributed by atoms with Crippen molar-refractivity contribution in [3.63, 3.8) is 0 Å². The van der Waals surface area contributed by atoms with E-state index in [2.05, 4.69) is 12.2 Å². The minimum absolute atomic E-state index is 0.0929. The number of rotatable bonds is 7. The summed E-state index contributed by atoms with van der Waals surface area (Å²) in [6.45, 7) is 5.72. The topological polar surface area (TPSA) is 64.4 Å². The molecule has 0 aliphatic rings. The van der Waals surface area contributed by atoms with E-state index in [0.717, 1.165) is 11.1 Å². The molecule has 23 heavy (non-hydrogen) atoms. The Labute approximate surface area is 137 Å². The molecule has 0 saturated heterocycles. The number of nitrogens with two attached hydrogens (primary N) is 1. The molecular formula is C19H24N2O2. The fourth-order valence-corrected chi connectivity index (χ4v) is 2.26. The summed E-state index contributed by atoms with van der Waals surface area (Å²) >= 11 is 0. The lowest BCUT2D eigenvalue weighted by atomic mass is 10.1. The van der Waals surface area contributed by atoms with Gasteiger partial charge < -0.3 is 15.8 Å².